The lowest BCUT2D eigenvalue weighted by Gasteiger charge is -2.25. The van der Waals surface area contributed by atoms with Crippen molar-refractivity contribution >= 4 is 45.1 Å². The van der Waals surface area contributed by atoms with Crippen LogP contribution in [-0.4, -0.2) is 24.0 Å². The molecule has 5 rings (SSSR count). The van der Waals surface area contributed by atoms with Gasteiger partial charge in [-0.3, -0.25) is 13.6 Å². The van der Waals surface area contributed by atoms with Crippen LogP contribution >= 0.6 is 11.6 Å². The molecule has 0 radical (unpaired) electrons. The predicted molar refractivity (Wildman–Crippen MR) is 139 cm³/mol. The summed E-state index contributed by atoms with van der Waals surface area (Å²) < 4.78 is 14.9. The van der Waals surface area contributed by atoms with Crippen molar-refractivity contribution in [1.29, 1.82) is 0 Å². The van der Waals surface area contributed by atoms with E-state index < -0.39 is 10.8 Å². The quantitative estimate of drug-likeness (QED) is 0.446. The number of aryl methyl sites for hydroxylation is 1. The first-order valence-corrected chi connectivity index (χ1v) is 13.9. The van der Waals surface area contributed by atoms with Gasteiger partial charge < -0.3 is 5.32 Å². The van der Waals surface area contributed by atoms with Crippen LogP contribution in [0.15, 0.2) is 40.2 Å². The van der Waals surface area contributed by atoms with Gasteiger partial charge in [0.2, 0.25) is 5.95 Å². The van der Waals surface area contributed by atoms with Gasteiger partial charge in [0.05, 0.1) is 10.8 Å². The molecule has 0 saturated heterocycles. The maximum atomic E-state index is 13.1. The lowest BCUT2D eigenvalue weighted by molar-refractivity contribution is 0.389. The number of hydrogen-bond donors (Lipinski definition) is 1. The van der Waals surface area contributed by atoms with Gasteiger partial charge in [0.1, 0.15) is 10.7 Å². The number of pyridine rings is 1. The number of nitrogens with one attached hydrogen (secondary N) is 1. The summed E-state index contributed by atoms with van der Waals surface area (Å²) in [6, 6.07) is 7.67. The number of hydrogen-bond acceptors (Lipinski definition) is 5. The Bertz CT molecular complexity index is 1290. The zero-order valence-electron chi connectivity index (χ0n) is 19.7. The van der Waals surface area contributed by atoms with E-state index >= 15 is 0 Å². The molecule has 2 heterocycles. The highest BCUT2D eigenvalue weighted by Crippen LogP contribution is 2.33. The van der Waals surface area contributed by atoms with Gasteiger partial charge in [0, 0.05) is 33.5 Å². The normalized spacial score (nSPS) is 22.2. The fourth-order valence-corrected chi connectivity index (χ4v) is 7.09. The maximum absolute atomic E-state index is 13.1. The maximum Gasteiger partial charge on any atom is 0.271 e. The van der Waals surface area contributed by atoms with Crippen molar-refractivity contribution < 1.29 is 4.21 Å². The van der Waals surface area contributed by atoms with Crippen molar-refractivity contribution in [3.8, 4) is 0 Å². The molecule has 1 atom stereocenters. The van der Waals surface area contributed by atoms with E-state index in [1.165, 1.54) is 0 Å². The summed E-state index contributed by atoms with van der Waals surface area (Å²) in [6.07, 6.45) is 10.2. The first kappa shape index (κ1) is 23.5. The van der Waals surface area contributed by atoms with E-state index in [2.05, 4.69) is 17.2 Å². The van der Waals surface area contributed by atoms with Crippen LogP contribution in [0.25, 0.3) is 11.0 Å². The third-order valence-electron chi connectivity index (χ3n) is 7.36. The van der Waals surface area contributed by atoms with Gasteiger partial charge in [-0.15, -0.1) is 0 Å². The molecule has 2 aliphatic rings. The van der Waals surface area contributed by atoms with Crippen LogP contribution in [0.2, 0.25) is 5.02 Å². The largest absolute Gasteiger partial charge is 0.324 e. The second-order valence-electron chi connectivity index (χ2n) is 9.86. The Kier molecular flexibility index (Phi) is 6.76. The second-order valence-corrected chi connectivity index (χ2v) is 12.0. The molecule has 0 bridgehead atoms. The van der Waals surface area contributed by atoms with Crippen LogP contribution in [0.4, 0.5) is 11.6 Å². The van der Waals surface area contributed by atoms with Crippen LogP contribution in [0.5, 0.6) is 0 Å². The van der Waals surface area contributed by atoms with Crippen molar-refractivity contribution in [3.05, 3.63) is 51.4 Å². The number of rotatable bonds is 5. The Morgan fingerprint density at radius 3 is 2.53 bits per heavy atom. The third-order valence-corrected chi connectivity index (χ3v) is 9.43. The topological polar surface area (TPSA) is 76.9 Å². The Balaban J connectivity index is 1.42. The van der Waals surface area contributed by atoms with Crippen molar-refractivity contribution in [2.45, 2.75) is 81.4 Å². The average Bonchev–Trinajstić information content (AvgIpc) is 3.36. The molecular formula is C26H31ClN4O2S. The highest BCUT2D eigenvalue weighted by molar-refractivity contribution is 7.85. The molecular weight excluding hydrogens is 468 g/mol. The Morgan fingerprint density at radius 2 is 1.82 bits per heavy atom. The van der Waals surface area contributed by atoms with Crippen molar-refractivity contribution in [2.75, 3.05) is 5.32 Å². The molecule has 2 aliphatic carbocycles. The van der Waals surface area contributed by atoms with Crippen LogP contribution in [0, 0.1) is 12.8 Å². The number of anilines is 2. The molecule has 1 N–H and O–H groups in total. The van der Waals surface area contributed by atoms with Gasteiger partial charge in [0.25, 0.3) is 5.56 Å². The minimum Gasteiger partial charge on any atom is -0.324 e. The lowest BCUT2D eigenvalue weighted by Crippen LogP contribution is -2.25. The Hall–Kier alpha value is -2.25. The lowest BCUT2D eigenvalue weighted by atomic mass is 9.91. The summed E-state index contributed by atoms with van der Waals surface area (Å²) in [7, 11) is -0.988. The van der Waals surface area contributed by atoms with Crippen molar-refractivity contribution in [3.63, 3.8) is 0 Å². The SMILES string of the molecule is Cc1cc([S@](=O)C2CCC(C)CC2)ccc1Nc1ncc2cc(Cl)c(=O)n(C3CCCC3)c2n1. The fraction of sp³-hybridized carbons (Fsp3) is 0.500. The summed E-state index contributed by atoms with van der Waals surface area (Å²) >= 11 is 6.24. The number of nitrogens with zero attached hydrogens (tertiary/aromatic N) is 3. The fourth-order valence-electron chi connectivity index (χ4n) is 5.31. The monoisotopic (exact) mass is 498 g/mol. The van der Waals surface area contributed by atoms with Crippen LogP contribution in [0.3, 0.4) is 0 Å². The second kappa shape index (κ2) is 9.78. The third kappa shape index (κ3) is 4.65. The van der Waals surface area contributed by atoms with Crippen LogP contribution < -0.4 is 10.9 Å². The van der Waals surface area contributed by atoms with Crippen molar-refractivity contribution in [2.24, 2.45) is 5.92 Å². The van der Waals surface area contributed by atoms with Gasteiger partial charge >= 0.3 is 0 Å². The molecule has 180 valence electrons. The molecule has 0 aliphatic heterocycles. The molecule has 2 fully saturated rings. The molecule has 2 saturated carbocycles. The smallest absolute Gasteiger partial charge is 0.271 e. The first-order valence-electron chi connectivity index (χ1n) is 12.3. The highest BCUT2D eigenvalue weighted by atomic mass is 35.5. The van der Waals surface area contributed by atoms with Gasteiger partial charge in [-0.2, -0.15) is 4.98 Å². The minimum absolute atomic E-state index is 0.121. The molecule has 2 aromatic heterocycles. The number of benzene rings is 1. The van der Waals surface area contributed by atoms with Gasteiger partial charge in [0.15, 0.2) is 0 Å². The molecule has 0 unspecified atom stereocenters. The average molecular weight is 499 g/mol. The van der Waals surface area contributed by atoms with Crippen molar-refractivity contribution in [1.82, 2.24) is 14.5 Å². The highest BCUT2D eigenvalue weighted by Gasteiger charge is 2.25. The summed E-state index contributed by atoms with van der Waals surface area (Å²) in [4.78, 5) is 22.9. The molecule has 0 amide bonds. The summed E-state index contributed by atoms with van der Waals surface area (Å²) in [5.41, 5.74) is 2.27. The minimum atomic E-state index is -0.988. The summed E-state index contributed by atoms with van der Waals surface area (Å²) in [5, 5.41) is 4.51. The zero-order valence-corrected chi connectivity index (χ0v) is 21.3. The Labute approximate surface area is 207 Å². The number of halogens is 1. The number of fused-ring (bicyclic) bond motifs is 1. The van der Waals surface area contributed by atoms with Gasteiger partial charge in [-0.25, -0.2) is 4.98 Å². The standard InChI is InChI=1S/C26H31ClN4O2S/c1-16-7-9-20(10-8-16)34(33)21-11-12-23(17(2)13-21)29-26-28-15-18-14-22(27)25(32)31(24(18)30-26)19-5-3-4-6-19/h11-16,19-20H,3-10H2,1-2H3,(H,28,29,30)/t16?,20?,34-/m1/s1. The van der Waals surface area contributed by atoms with E-state index in [0.29, 0.717) is 11.6 Å². The van der Waals surface area contributed by atoms with E-state index in [0.717, 1.165) is 78.8 Å². The van der Waals surface area contributed by atoms with E-state index in [1.807, 2.05) is 25.1 Å². The molecule has 8 heteroatoms. The summed E-state index contributed by atoms with van der Waals surface area (Å²) in [5.74, 6) is 1.17. The predicted octanol–water partition coefficient (Wildman–Crippen LogP) is 6.30. The van der Waals surface area contributed by atoms with Gasteiger partial charge in [-0.05, 0) is 81.2 Å². The van der Waals surface area contributed by atoms with Crippen LogP contribution in [0.1, 0.15) is 69.9 Å². The Morgan fingerprint density at radius 1 is 1.09 bits per heavy atom. The summed E-state index contributed by atoms with van der Waals surface area (Å²) in [6.45, 7) is 4.28. The van der Waals surface area contributed by atoms with E-state index in [4.69, 9.17) is 16.6 Å². The van der Waals surface area contributed by atoms with E-state index in [-0.39, 0.29) is 21.9 Å². The molecule has 1 aromatic carbocycles. The van der Waals surface area contributed by atoms with Crippen LogP contribution in [-0.2, 0) is 10.8 Å². The molecule has 6 nitrogen and oxygen atoms in total. The molecule has 0 spiro atoms. The first-order chi connectivity index (χ1) is 16.4. The molecule has 34 heavy (non-hydrogen) atoms. The zero-order chi connectivity index (χ0) is 23.8. The molecule has 3 aromatic rings. The van der Waals surface area contributed by atoms with Gasteiger partial charge in [-0.1, -0.05) is 31.4 Å². The van der Waals surface area contributed by atoms with E-state index in [9.17, 15) is 9.00 Å². The number of aromatic nitrogens is 3. The van der Waals surface area contributed by atoms with E-state index in [1.54, 1.807) is 16.8 Å².